The van der Waals surface area contributed by atoms with Gasteiger partial charge in [-0.15, -0.1) is 0 Å². The van der Waals surface area contributed by atoms with E-state index in [1.807, 2.05) is 0 Å². The van der Waals surface area contributed by atoms with Crippen LogP contribution in [0.25, 0.3) is 0 Å². The van der Waals surface area contributed by atoms with E-state index in [0.29, 0.717) is 12.5 Å². The van der Waals surface area contributed by atoms with Gasteiger partial charge in [0.05, 0.1) is 0 Å². The Hall–Kier alpha value is -1.32. The summed E-state index contributed by atoms with van der Waals surface area (Å²) in [5, 5.41) is 0. The summed E-state index contributed by atoms with van der Waals surface area (Å²) >= 11 is 0. The molecule has 20 heavy (non-hydrogen) atoms. The van der Waals surface area contributed by atoms with Crippen LogP contribution in [0.4, 0.5) is 0 Å². The smallest absolute Gasteiger partial charge is 0.312 e. The highest BCUT2D eigenvalue weighted by Gasteiger charge is 2.33. The SMILES string of the molecule is O=C(C(=O)N1CCC2CCCC=C2C1)N1CCCCC1. The Kier molecular flexibility index (Phi) is 4.08. The van der Waals surface area contributed by atoms with Crippen molar-refractivity contribution >= 4 is 11.8 Å². The van der Waals surface area contributed by atoms with Crippen molar-refractivity contribution in [3.05, 3.63) is 11.6 Å². The Morgan fingerprint density at radius 2 is 1.65 bits per heavy atom. The molecule has 1 aliphatic carbocycles. The Labute approximate surface area is 120 Å². The zero-order valence-corrected chi connectivity index (χ0v) is 12.1. The fourth-order valence-electron chi connectivity index (χ4n) is 3.68. The second kappa shape index (κ2) is 5.98. The van der Waals surface area contributed by atoms with Crippen LogP contribution in [0.3, 0.4) is 0 Å². The van der Waals surface area contributed by atoms with Crippen LogP contribution in [0.15, 0.2) is 11.6 Å². The number of piperidine rings is 2. The molecule has 2 aliphatic heterocycles. The molecule has 0 aromatic rings. The highest BCUT2D eigenvalue weighted by atomic mass is 16.2. The van der Waals surface area contributed by atoms with E-state index < -0.39 is 0 Å². The summed E-state index contributed by atoms with van der Waals surface area (Å²) in [4.78, 5) is 28.2. The lowest BCUT2D eigenvalue weighted by Crippen LogP contribution is -2.49. The van der Waals surface area contributed by atoms with Gasteiger partial charge >= 0.3 is 11.8 Å². The molecule has 1 atom stereocenters. The van der Waals surface area contributed by atoms with Gasteiger partial charge in [0.15, 0.2) is 0 Å². The second-order valence-corrected chi connectivity index (χ2v) is 6.28. The van der Waals surface area contributed by atoms with E-state index in [1.165, 1.54) is 24.8 Å². The minimum absolute atomic E-state index is 0.278. The number of nitrogens with zero attached hydrogens (tertiary/aromatic N) is 2. The van der Waals surface area contributed by atoms with Gasteiger partial charge in [-0.3, -0.25) is 9.59 Å². The predicted molar refractivity (Wildman–Crippen MR) is 77.1 cm³/mol. The first-order valence-electron chi connectivity index (χ1n) is 8.03. The van der Waals surface area contributed by atoms with E-state index >= 15 is 0 Å². The van der Waals surface area contributed by atoms with Gasteiger partial charge in [-0.2, -0.15) is 0 Å². The summed E-state index contributed by atoms with van der Waals surface area (Å²) in [6, 6.07) is 0. The van der Waals surface area contributed by atoms with Gasteiger partial charge in [0.25, 0.3) is 0 Å². The Morgan fingerprint density at radius 3 is 2.45 bits per heavy atom. The van der Waals surface area contributed by atoms with E-state index in [4.69, 9.17) is 0 Å². The van der Waals surface area contributed by atoms with Crippen LogP contribution in [-0.2, 0) is 9.59 Å². The number of carbonyl (C=O) groups excluding carboxylic acids is 2. The van der Waals surface area contributed by atoms with Crippen LogP contribution in [0, 0.1) is 5.92 Å². The lowest BCUT2D eigenvalue weighted by molar-refractivity contribution is -0.152. The molecule has 3 rings (SSSR count). The van der Waals surface area contributed by atoms with Crippen LogP contribution < -0.4 is 0 Å². The number of allylic oxidation sites excluding steroid dienone is 1. The third-order valence-corrected chi connectivity index (χ3v) is 4.92. The number of rotatable bonds is 0. The molecule has 2 fully saturated rings. The molecule has 2 amide bonds. The second-order valence-electron chi connectivity index (χ2n) is 6.28. The molecule has 0 saturated carbocycles. The minimum atomic E-state index is -0.281. The maximum absolute atomic E-state index is 12.4. The molecular weight excluding hydrogens is 252 g/mol. The molecule has 1 unspecified atom stereocenters. The van der Waals surface area contributed by atoms with E-state index in [-0.39, 0.29) is 11.8 Å². The number of amides is 2. The average Bonchev–Trinajstić information content (AvgIpc) is 2.54. The summed E-state index contributed by atoms with van der Waals surface area (Å²) in [7, 11) is 0. The van der Waals surface area contributed by atoms with Gasteiger partial charge in [-0.1, -0.05) is 11.6 Å². The summed E-state index contributed by atoms with van der Waals surface area (Å²) in [6.45, 7) is 2.94. The highest BCUT2D eigenvalue weighted by molar-refractivity contribution is 6.35. The maximum Gasteiger partial charge on any atom is 0.312 e. The monoisotopic (exact) mass is 276 g/mol. The van der Waals surface area contributed by atoms with Crippen molar-refractivity contribution in [1.82, 2.24) is 9.80 Å². The number of hydrogen-bond acceptors (Lipinski definition) is 2. The third-order valence-electron chi connectivity index (χ3n) is 4.92. The summed E-state index contributed by atoms with van der Waals surface area (Å²) in [6.07, 6.45) is 10.2. The van der Waals surface area contributed by atoms with E-state index in [9.17, 15) is 9.59 Å². The quantitative estimate of drug-likeness (QED) is 0.501. The van der Waals surface area contributed by atoms with Gasteiger partial charge in [0.1, 0.15) is 0 Å². The molecule has 0 spiro atoms. The minimum Gasteiger partial charge on any atom is -0.334 e. The van der Waals surface area contributed by atoms with Crippen molar-refractivity contribution < 1.29 is 9.59 Å². The van der Waals surface area contributed by atoms with Crippen LogP contribution in [0.1, 0.15) is 44.9 Å². The van der Waals surface area contributed by atoms with Crippen LogP contribution in [0.5, 0.6) is 0 Å². The summed E-state index contributed by atoms with van der Waals surface area (Å²) in [5.41, 5.74) is 1.39. The predicted octanol–water partition coefficient (Wildman–Crippen LogP) is 1.96. The molecule has 0 aromatic carbocycles. The van der Waals surface area contributed by atoms with Gasteiger partial charge < -0.3 is 9.80 Å². The van der Waals surface area contributed by atoms with Crippen LogP contribution in [-0.4, -0.2) is 47.8 Å². The lowest BCUT2D eigenvalue weighted by atomic mass is 9.82. The van der Waals surface area contributed by atoms with Gasteiger partial charge in [0, 0.05) is 26.2 Å². The highest BCUT2D eigenvalue weighted by Crippen LogP contribution is 2.31. The van der Waals surface area contributed by atoms with Gasteiger partial charge in [-0.25, -0.2) is 0 Å². The molecule has 0 bridgehead atoms. The van der Waals surface area contributed by atoms with Crippen LogP contribution in [0.2, 0.25) is 0 Å². The topological polar surface area (TPSA) is 40.6 Å². The van der Waals surface area contributed by atoms with Crippen molar-refractivity contribution in [3.8, 4) is 0 Å². The first-order valence-corrected chi connectivity index (χ1v) is 8.03. The first-order chi connectivity index (χ1) is 9.75. The Morgan fingerprint density at radius 1 is 0.900 bits per heavy atom. The van der Waals surface area contributed by atoms with Gasteiger partial charge in [-0.05, 0) is 50.9 Å². The van der Waals surface area contributed by atoms with Crippen molar-refractivity contribution in [3.63, 3.8) is 0 Å². The standard InChI is InChI=1S/C16H24N2O2/c19-15(17-9-4-1-5-10-17)16(20)18-11-8-13-6-2-3-7-14(13)12-18/h7,13H,1-6,8-12H2. The molecule has 0 aromatic heterocycles. The molecule has 3 aliphatic rings. The summed E-state index contributed by atoms with van der Waals surface area (Å²) < 4.78 is 0. The molecule has 0 N–H and O–H groups in total. The molecular formula is C16H24N2O2. The maximum atomic E-state index is 12.4. The number of hydrogen-bond donors (Lipinski definition) is 0. The van der Waals surface area contributed by atoms with Crippen molar-refractivity contribution in [2.45, 2.75) is 44.9 Å². The molecule has 0 radical (unpaired) electrons. The number of likely N-dealkylation sites (tertiary alicyclic amines) is 2. The average molecular weight is 276 g/mol. The third kappa shape index (κ3) is 2.74. The fraction of sp³-hybridized carbons (Fsp3) is 0.750. The molecule has 2 heterocycles. The van der Waals surface area contributed by atoms with E-state index in [0.717, 1.165) is 45.3 Å². The first kappa shape index (κ1) is 13.7. The van der Waals surface area contributed by atoms with Crippen LogP contribution >= 0.6 is 0 Å². The molecule has 4 heteroatoms. The lowest BCUT2D eigenvalue weighted by Gasteiger charge is -2.37. The zero-order chi connectivity index (χ0) is 13.9. The Bertz CT molecular complexity index is 424. The number of fused-ring (bicyclic) bond motifs is 1. The fourth-order valence-corrected chi connectivity index (χ4v) is 3.68. The van der Waals surface area contributed by atoms with Crippen molar-refractivity contribution in [1.29, 1.82) is 0 Å². The normalized spacial score (nSPS) is 26.8. The van der Waals surface area contributed by atoms with Crippen molar-refractivity contribution in [2.75, 3.05) is 26.2 Å². The van der Waals surface area contributed by atoms with E-state index in [1.54, 1.807) is 9.80 Å². The Balaban J connectivity index is 1.62. The van der Waals surface area contributed by atoms with E-state index in [2.05, 4.69) is 6.08 Å². The van der Waals surface area contributed by atoms with Gasteiger partial charge in [0.2, 0.25) is 0 Å². The van der Waals surface area contributed by atoms with Crippen molar-refractivity contribution in [2.24, 2.45) is 5.92 Å². The molecule has 4 nitrogen and oxygen atoms in total. The zero-order valence-electron chi connectivity index (χ0n) is 12.1. The molecule has 2 saturated heterocycles. The number of carbonyl (C=O) groups is 2. The largest absolute Gasteiger partial charge is 0.334 e. The summed E-state index contributed by atoms with van der Waals surface area (Å²) in [5.74, 6) is 0.106. The molecule has 110 valence electrons.